The van der Waals surface area contributed by atoms with Crippen molar-refractivity contribution < 1.29 is 9.79 Å². The molecule has 200 valence electrons. The van der Waals surface area contributed by atoms with Crippen molar-refractivity contribution in [3.05, 3.63) is 76.9 Å². The smallest absolute Gasteiger partial charge is 0.200 e. The maximum absolute atomic E-state index is 10.8. The van der Waals surface area contributed by atoms with Gasteiger partial charge >= 0.3 is 0 Å². The molecule has 0 spiro atoms. The molecule has 0 bridgehead atoms. The van der Waals surface area contributed by atoms with Gasteiger partial charge in [0.25, 0.3) is 0 Å². The number of rotatable bonds is 3. The Morgan fingerprint density at radius 3 is 1.08 bits per heavy atom. The van der Waals surface area contributed by atoms with Crippen molar-refractivity contribution in [3.63, 3.8) is 0 Å². The van der Waals surface area contributed by atoms with E-state index >= 15 is 0 Å². The maximum Gasteiger partial charge on any atom is 0.200 e. The van der Waals surface area contributed by atoms with Crippen LogP contribution < -0.4 is 5.30 Å². The van der Waals surface area contributed by atoms with Crippen LogP contribution in [-0.2, 0) is 21.7 Å². The fourth-order valence-corrected chi connectivity index (χ4v) is 5.99. The Labute approximate surface area is 227 Å². The summed E-state index contributed by atoms with van der Waals surface area (Å²) >= 11 is 0. The average Bonchev–Trinajstić information content (AvgIpc) is 2.75. The van der Waals surface area contributed by atoms with E-state index in [0.29, 0.717) is 5.30 Å². The molecule has 0 aliphatic carbocycles. The van der Waals surface area contributed by atoms with Crippen LogP contribution in [-0.4, -0.2) is 9.79 Å². The van der Waals surface area contributed by atoms with Gasteiger partial charge in [0, 0.05) is 10.9 Å². The van der Waals surface area contributed by atoms with Gasteiger partial charge in [-0.3, -0.25) is 0 Å². The molecule has 0 aromatic heterocycles. The van der Waals surface area contributed by atoms with E-state index in [2.05, 4.69) is 126 Å². The van der Waals surface area contributed by atoms with E-state index in [1.807, 2.05) is 12.1 Å². The lowest BCUT2D eigenvalue weighted by Gasteiger charge is -2.34. The number of hydrogen-bond donors (Lipinski definition) is 2. The topological polar surface area (TPSA) is 40.5 Å². The molecule has 3 aromatic carbocycles. The first kappa shape index (κ1) is 29.6. The van der Waals surface area contributed by atoms with E-state index in [1.165, 1.54) is 27.8 Å². The monoisotopic (exact) mass is 518 g/mol. The van der Waals surface area contributed by atoms with Gasteiger partial charge in [0.05, 0.1) is 0 Å². The standard InChI is InChI=1S/C34H47O2P/c1-31(2,3)23-17-14-18-24(32(4,5)6)28(23)22-16-13-21-27(37(35)36)29(22)30-25(33(7,8)9)19-15-20-26(30)34(10,11)12/h13-21,35-36H,1-12H3. The number of hydrogen-bond acceptors (Lipinski definition) is 2. The van der Waals surface area contributed by atoms with E-state index < -0.39 is 8.38 Å². The highest BCUT2D eigenvalue weighted by atomic mass is 31.2. The third-order valence-electron chi connectivity index (χ3n) is 7.14. The zero-order chi connectivity index (χ0) is 28.1. The van der Waals surface area contributed by atoms with E-state index in [1.54, 1.807) is 0 Å². The molecule has 0 saturated carbocycles. The average molecular weight is 519 g/mol. The minimum atomic E-state index is -2.32. The highest BCUT2D eigenvalue weighted by molar-refractivity contribution is 7.54. The van der Waals surface area contributed by atoms with Crippen LogP contribution in [0.2, 0.25) is 0 Å². The van der Waals surface area contributed by atoms with Gasteiger partial charge in [0.1, 0.15) is 0 Å². The van der Waals surface area contributed by atoms with E-state index in [0.717, 1.165) is 16.7 Å². The molecule has 2 nitrogen and oxygen atoms in total. The molecule has 0 aliphatic heterocycles. The summed E-state index contributed by atoms with van der Waals surface area (Å²) in [5.41, 5.74) is 8.89. The molecule has 0 radical (unpaired) electrons. The Hall–Kier alpha value is -1.99. The Morgan fingerprint density at radius 2 is 0.757 bits per heavy atom. The molecule has 0 amide bonds. The van der Waals surface area contributed by atoms with Gasteiger partial charge < -0.3 is 9.79 Å². The summed E-state index contributed by atoms with van der Waals surface area (Å²) in [6.45, 7) is 27.0. The van der Waals surface area contributed by atoms with Gasteiger partial charge in [-0.15, -0.1) is 0 Å². The molecule has 3 aromatic rings. The van der Waals surface area contributed by atoms with E-state index in [-0.39, 0.29) is 21.7 Å². The van der Waals surface area contributed by atoms with E-state index in [9.17, 15) is 9.79 Å². The summed E-state index contributed by atoms with van der Waals surface area (Å²) in [6, 6.07) is 19.3. The lowest BCUT2D eigenvalue weighted by Crippen LogP contribution is -2.23. The highest BCUT2D eigenvalue weighted by Crippen LogP contribution is 2.49. The second-order valence-corrected chi connectivity index (χ2v) is 15.5. The van der Waals surface area contributed by atoms with Crippen molar-refractivity contribution >= 4 is 13.7 Å². The van der Waals surface area contributed by atoms with Gasteiger partial charge in [0.2, 0.25) is 0 Å². The third-order valence-corrected chi connectivity index (χ3v) is 7.94. The van der Waals surface area contributed by atoms with E-state index in [4.69, 9.17) is 0 Å². The van der Waals surface area contributed by atoms with Gasteiger partial charge in [-0.2, -0.15) is 0 Å². The SMILES string of the molecule is CC(C)(C)c1cccc(C(C)(C)C)c1-c1cccc(P(O)O)c1-c1c(C(C)(C)C)cccc1C(C)(C)C. The molecule has 2 N–H and O–H groups in total. The van der Waals surface area contributed by atoms with Crippen molar-refractivity contribution in [3.8, 4) is 22.3 Å². The lowest BCUT2D eigenvalue weighted by atomic mass is 9.70. The molecule has 0 aliphatic rings. The first-order valence-electron chi connectivity index (χ1n) is 13.4. The second kappa shape index (κ2) is 9.96. The van der Waals surface area contributed by atoms with Gasteiger partial charge in [-0.1, -0.05) is 132 Å². The molecule has 0 atom stereocenters. The summed E-state index contributed by atoms with van der Waals surface area (Å²) in [5.74, 6) is 0. The first-order chi connectivity index (χ1) is 16.8. The molecular weight excluding hydrogens is 471 g/mol. The molecular formula is C34H47O2P. The Balaban J connectivity index is 2.69. The van der Waals surface area contributed by atoms with Gasteiger partial charge in [-0.25, -0.2) is 0 Å². The fourth-order valence-electron chi connectivity index (χ4n) is 5.34. The normalized spacial score (nSPS) is 13.4. The maximum atomic E-state index is 10.8. The molecule has 0 saturated heterocycles. The molecule has 0 unspecified atom stereocenters. The summed E-state index contributed by atoms with van der Waals surface area (Å²) in [4.78, 5) is 21.6. The number of benzene rings is 3. The summed E-state index contributed by atoms with van der Waals surface area (Å²) in [6.07, 6.45) is 0. The zero-order valence-corrected chi connectivity index (χ0v) is 25.9. The van der Waals surface area contributed by atoms with Crippen LogP contribution in [0.4, 0.5) is 0 Å². The van der Waals surface area contributed by atoms with Crippen LogP contribution in [0.3, 0.4) is 0 Å². The minimum absolute atomic E-state index is 0.0938. The van der Waals surface area contributed by atoms with Crippen LogP contribution in [0.5, 0.6) is 0 Å². The predicted molar refractivity (Wildman–Crippen MR) is 163 cm³/mol. The van der Waals surface area contributed by atoms with Crippen LogP contribution in [0.15, 0.2) is 54.6 Å². The molecule has 0 heterocycles. The van der Waals surface area contributed by atoms with Crippen molar-refractivity contribution in [2.24, 2.45) is 0 Å². The molecule has 3 heteroatoms. The summed E-state index contributed by atoms with van der Waals surface area (Å²) in [5, 5.41) is 0.610. The zero-order valence-electron chi connectivity index (χ0n) is 25.0. The summed E-state index contributed by atoms with van der Waals surface area (Å²) in [7, 11) is -2.32. The second-order valence-electron chi connectivity index (χ2n) is 14.4. The van der Waals surface area contributed by atoms with Crippen molar-refractivity contribution in [2.75, 3.05) is 0 Å². The molecule has 0 fully saturated rings. The van der Waals surface area contributed by atoms with Gasteiger partial charge in [0.15, 0.2) is 8.38 Å². The fraction of sp³-hybridized carbons (Fsp3) is 0.471. The van der Waals surface area contributed by atoms with Crippen LogP contribution in [0.1, 0.15) is 105 Å². The molecule has 37 heavy (non-hydrogen) atoms. The van der Waals surface area contributed by atoms with Crippen LogP contribution in [0, 0.1) is 0 Å². The van der Waals surface area contributed by atoms with Crippen LogP contribution in [0.25, 0.3) is 22.3 Å². The Morgan fingerprint density at radius 1 is 0.432 bits per heavy atom. The third kappa shape index (κ3) is 6.03. The highest BCUT2D eigenvalue weighted by Gasteiger charge is 2.33. The van der Waals surface area contributed by atoms with Crippen molar-refractivity contribution in [1.82, 2.24) is 0 Å². The minimum Gasteiger partial charge on any atom is -0.347 e. The predicted octanol–water partition coefficient (Wildman–Crippen LogP) is 9.13. The first-order valence-corrected chi connectivity index (χ1v) is 14.6. The summed E-state index contributed by atoms with van der Waals surface area (Å²) < 4.78 is 0. The lowest BCUT2D eigenvalue weighted by molar-refractivity contribution is 0.497. The quantitative estimate of drug-likeness (QED) is 0.339. The van der Waals surface area contributed by atoms with Crippen molar-refractivity contribution in [1.29, 1.82) is 0 Å². The van der Waals surface area contributed by atoms with Gasteiger partial charge in [-0.05, 0) is 66.7 Å². The molecule has 3 rings (SSSR count). The van der Waals surface area contributed by atoms with Crippen LogP contribution >= 0.6 is 8.38 Å². The Kier molecular flexibility index (Phi) is 7.96. The van der Waals surface area contributed by atoms with Crippen molar-refractivity contribution in [2.45, 2.75) is 105 Å². The Bertz CT molecular complexity index is 1210. The largest absolute Gasteiger partial charge is 0.347 e.